The largest absolute Gasteiger partial charge is 0.482 e. The quantitative estimate of drug-likeness (QED) is 0.489. The molecule has 0 saturated carbocycles. The van der Waals surface area contributed by atoms with E-state index in [1.165, 1.54) is 11.3 Å². The van der Waals surface area contributed by atoms with Crippen LogP contribution in [0, 0.1) is 18.3 Å². The van der Waals surface area contributed by atoms with E-state index in [9.17, 15) is 14.9 Å². The lowest BCUT2D eigenvalue weighted by atomic mass is 10.0. The van der Waals surface area contributed by atoms with Gasteiger partial charge in [0.1, 0.15) is 10.8 Å². The van der Waals surface area contributed by atoms with Crippen molar-refractivity contribution in [3.63, 3.8) is 0 Å². The molecule has 30 heavy (non-hydrogen) atoms. The summed E-state index contributed by atoms with van der Waals surface area (Å²) < 4.78 is 10.6. The number of thiazole rings is 1. The van der Waals surface area contributed by atoms with Crippen LogP contribution >= 0.6 is 11.3 Å². The first kappa shape index (κ1) is 21.2. The average molecular weight is 420 g/mol. The molecule has 1 atom stereocenters. The number of aryl methyl sites for hydroxylation is 1. The maximum Gasteiger partial charge on any atom is 0.344 e. The van der Waals surface area contributed by atoms with Crippen molar-refractivity contribution < 1.29 is 19.1 Å². The highest BCUT2D eigenvalue weighted by Crippen LogP contribution is 2.22. The Balaban J connectivity index is 1.53. The minimum absolute atomic E-state index is 0.327. The molecule has 0 amide bonds. The number of ether oxygens (including phenoxy) is 2. The number of Topliss-reactive ketones (excluding diaryl/α,β-unsaturated/α-hetero) is 1. The lowest BCUT2D eigenvalue weighted by molar-refractivity contribution is -0.150. The topological polar surface area (TPSA) is 89.3 Å². The van der Waals surface area contributed by atoms with Gasteiger partial charge in [-0.3, -0.25) is 4.79 Å². The molecule has 7 heteroatoms. The Hall–Kier alpha value is -3.50. The number of rotatable bonds is 9. The van der Waals surface area contributed by atoms with E-state index in [1.54, 1.807) is 18.4 Å². The zero-order valence-electron chi connectivity index (χ0n) is 16.4. The van der Waals surface area contributed by atoms with Gasteiger partial charge < -0.3 is 9.47 Å². The number of nitriles is 1. The number of carbonyl (C=O) groups excluding carboxylic acids is 2. The van der Waals surface area contributed by atoms with E-state index in [0.29, 0.717) is 17.2 Å². The molecule has 3 aromatic rings. The SMILES string of the molecule is Cc1csc([C@H](C#N)C(=O)COC(=O)COc2ccccc2Cc2ccccc2)n1. The van der Waals surface area contributed by atoms with Gasteiger partial charge in [-0.15, -0.1) is 11.3 Å². The van der Waals surface area contributed by atoms with Gasteiger partial charge in [0.05, 0.1) is 6.07 Å². The van der Waals surface area contributed by atoms with E-state index in [2.05, 4.69) is 4.98 Å². The van der Waals surface area contributed by atoms with E-state index < -0.39 is 24.3 Å². The molecule has 0 saturated heterocycles. The first-order valence-electron chi connectivity index (χ1n) is 9.31. The Morgan fingerprint density at radius 3 is 2.53 bits per heavy atom. The monoisotopic (exact) mass is 420 g/mol. The fraction of sp³-hybridized carbons (Fsp3) is 0.217. The van der Waals surface area contributed by atoms with Gasteiger partial charge in [0.15, 0.2) is 24.9 Å². The van der Waals surface area contributed by atoms with Crippen molar-refractivity contribution >= 4 is 23.1 Å². The van der Waals surface area contributed by atoms with Crippen molar-refractivity contribution in [1.29, 1.82) is 5.26 Å². The zero-order chi connectivity index (χ0) is 21.3. The first-order valence-corrected chi connectivity index (χ1v) is 10.2. The molecule has 0 aliphatic rings. The highest BCUT2D eigenvalue weighted by molar-refractivity contribution is 7.09. The van der Waals surface area contributed by atoms with Crippen LogP contribution in [0.15, 0.2) is 60.0 Å². The molecule has 0 aliphatic carbocycles. The molecule has 0 bridgehead atoms. The smallest absolute Gasteiger partial charge is 0.344 e. The van der Waals surface area contributed by atoms with Gasteiger partial charge in [-0.1, -0.05) is 48.5 Å². The minimum atomic E-state index is -1.04. The molecule has 0 aliphatic heterocycles. The predicted octanol–water partition coefficient (Wildman–Crippen LogP) is 3.84. The van der Waals surface area contributed by atoms with Crippen LogP contribution in [-0.4, -0.2) is 30.0 Å². The van der Waals surface area contributed by atoms with Crippen molar-refractivity contribution in [2.75, 3.05) is 13.2 Å². The van der Waals surface area contributed by atoms with Crippen LogP contribution in [0.25, 0.3) is 0 Å². The van der Waals surface area contributed by atoms with E-state index in [1.807, 2.05) is 54.6 Å². The molecule has 6 nitrogen and oxygen atoms in total. The van der Waals surface area contributed by atoms with Crippen molar-refractivity contribution in [3.8, 4) is 11.8 Å². The molecule has 1 aromatic heterocycles. The van der Waals surface area contributed by atoms with Crippen LogP contribution in [-0.2, 0) is 20.7 Å². The van der Waals surface area contributed by atoms with Crippen molar-refractivity contribution in [1.82, 2.24) is 4.98 Å². The summed E-state index contributed by atoms with van der Waals surface area (Å²) in [6.45, 7) is 0.962. The summed E-state index contributed by atoms with van der Waals surface area (Å²) in [6.07, 6.45) is 0.668. The van der Waals surface area contributed by atoms with Gasteiger partial charge in [0, 0.05) is 17.5 Å². The average Bonchev–Trinajstić information content (AvgIpc) is 3.18. The Labute approximate surface area is 178 Å². The van der Waals surface area contributed by atoms with Gasteiger partial charge in [0.2, 0.25) is 0 Å². The third-order valence-corrected chi connectivity index (χ3v) is 5.29. The molecule has 0 radical (unpaired) electrons. The third kappa shape index (κ3) is 5.75. The van der Waals surface area contributed by atoms with Gasteiger partial charge in [-0.05, 0) is 24.1 Å². The normalized spacial score (nSPS) is 11.3. The second-order valence-corrected chi connectivity index (χ2v) is 7.46. The van der Waals surface area contributed by atoms with Gasteiger partial charge >= 0.3 is 5.97 Å². The summed E-state index contributed by atoms with van der Waals surface area (Å²) in [6, 6.07) is 19.3. The highest BCUT2D eigenvalue weighted by Gasteiger charge is 2.24. The predicted molar refractivity (Wildman–Crippen MR) is 112 cm³/mol. The van der Waals surface area contributed by atoms with Crippen LogP contribution in [0.3, 0.4) is 0 Å². The first-order chi connectivity index (χ1) is 14.6. The van der Waals surface area contributed by atoms with Crippen LogP contribution < -0.4 is 4.74 Å². The summed E-state index contributed by atoms with van der Waals surface area (Å²) in [7, 11) is 0. The molecular formula is C23H20N2O4S. The molecule has 152 valence electrons. The molecule has 0 fully saturated rings. The maximum absolute atomic E-state index is 12.2. The number of esters is 1. The highest BCUT2D eigenvalue weighted by atomic mass is 32.1. The third-order valence-electron chi connectivity index (χ3n) is 4.27. The minimum Gasteiger partial charge on any atom is -0.482 e. The van der Waals surface area contributed by atoms with Crippen molar-refractivity contribution in [2.45, 2.75) is 19.3 Å². The lowest BCUT2D eigenvalue weighted by Gasteiger charge is -2.12. The number of hydrogen-bond acceptors (Lipinski definition) is 7. The molecule has 0 N–H and O–H groups in total. The second kappa shape index (κ2) is 10.3. The number of hydrogen-bond donors (Lipinski definition) is 0. The van der Waals surface area contributed by atoms with E-state index >= 15 is 0 Å². The second-order valence-electron chi connectivity index (χ2n) is 6.58. The number of ketones is 1. The number of carbonyl (C=O) groups is 2. The van der Waals surface area contributed by atoms with E-state index in [4.69, 9.17) is 9.47 Å². The summed E-state index contributed by atoms with van der Waals surface area (Å²) in [5.41, 5.74) is 2.81. The Morgan fingerprint density at radius 2 is 1.83 bits per heavy atom. The molecule has 2 aromatic carbocycles. The Morgan fingerprint density at radius 1 is 1.10 bits per heavy atom. The Bertz CT molecular complexity index is 1060. The standard InChI is InChI=1S/C23H20N2O4S/c1-16-15-30-23(25-16)19(12-24)20(26)13-29-22(27)14-28-21-10-6-5-9-18(21)11-17-7-3-2-4-8-17/h2-10,15,19H,11,13-14H2,1H3/t19-/m1/s1. The number of para-hydroxylation sites is 1. The summed E-state index contributed by atoms with van der Waals surface area (Å²) in [5, 5.41) is 11.4. The van der Waals surface area contributed by atoms with E-state index in [-0.39, 0.29) is 6.61 Å². The van der Waals surface area contributed by atoms with Crippen LogP contribution in [0.4, 0.5) is 0 Å². The molecule has 1 heterocycles. The van der Waals surface area contributed by atoms with Crippen LogP contribution in [0.5, 0.6) is 5.75 Å². The fourth-order valence-electron chi connectivity index (χ4n) is 2.79. The summed E-state index contributed by atoms with van der Waals surface area (Å²) in [4.78, 5) is 28.5. The van der Waals surface area contributed by atoms with Crippen molar-refractivity contribution in [2.24, 2.45) is 0 Å². The Kier molecular flexibility index (Phi) is 7.30. The molecular weight excluding hydrogens is 400 g/mol. The number of aromatic nitrogens is 1. The van der Waals surface area contributed by atoms with Crippen LogP contribution in [0.1, 0.15) is 27.7 Å². The number of nitrogens with zero attached hydrogens (tertiary/aromatic N) is 2. The summed E-state index contributed by atoms with van der Waals surface area (Å²) in [5.74, 6) is -1.64. The molecule has 0 unspecified atom stereocenters. The van der Waals surface area contributed by atoms with E-state index in [0.717, 1.165) is 16.8 Å². The molecule has 0 spiro atoms. The fourth-order valence-corrected chi connectivity index (χ4v) is 3.65. The van der Waals surface area contributed by atoms with Gasteiger partial charge in [-0.2, -0.15) is 5.26 Å². The zero-order valence-corrected chi connectivity index (χ0v) is 17.2. The number of benzene rings is 2. The maximum atomic E-state index is 12.2. The van der Waals surface area contributed by atoms with Crippen molar-refractivity contribution in [3.05, 3.63) is 81.8 Å². The lowest BCUT2D eigenvalue weighted by Crippen LogP contribution is -2.23. The van der Waals surface area contributed by atoms with Gasteiger partial charge in [-0.25, -0.2) is 9.78 Å². The molecule has 3 rings (SSSR count). The van der Waals surface area contributed by atoms with Crippen LogP contribution in [0.2, 0.25) is 0 Å². The summed E-state index contributed by atoms with van der Waals surface area (Å²) >= 11 is 1.23. The van der Waals surface area contributed by atoms with Gasteiger partial charge in [0.25, 0.3) is 0 Å².